The van der Waals surface area contributed by atoms with Crippen LogP contribution in [0.4, 0.5) is 0 Å². The van der Waals surface area contributed by atoms with E-state index < -0.39 is 5.79 Å². The van der Waals surface area contributed by atoms with Gasteiger partial charge in [-0.3, -0.25) is 4.79 Å². The summed E-state index contributed by atoms with van der Waals surface area (Å²) in [5.74, 6) is 0.491. The molecule has 90 valence electrons. The van der Waals surface area contributed by atoms with E-state index in [0.717, 1.165) is 19.4 Å². The summed E-state index contributed by atoms with van der Waals surface area (Å²) in [6.45, 7) is 2.78. The van der Waals surface area contributed by atoms with Gasteiger partial charge >= 0.3 is 0 Å². The van der Waals surface area contributed by atoms with Crippen LogP contribution in [0.2, 0.25) is 0 Å². The van der Waals surface area contributed by atoms with E-state index in [9.17, 15) is 4.79 Å². The standard InChI is InChI=1S/C12H19NO3/c14-11(8-10-2-1-3-10)13-5-4-12(9-13)15-6-7-16-12/h10H,1-9H2. The van der Waals surface area contributed by atoms with Crippen molar-refractivity contribution in [1.82, 2.24) is 4.90 Å². The van der Waals surface area contributed by atoms with Crippen LogP contribution in [0, 0.1) is 5.92 Å². The molecule has 0 N–H and O–H groups in total. The van der Waals surface area contributed by atoms with Crippen LogP contribution in [-0.2, 0) is 14.3 Å². The molecule has 1 saturated carbocycles. The average Bonchev–Trinajstić information content (AvgIpc) is 2.83. The maximum Gasteiger partial charge on any atom is 0.223 e. The minimum atomic E-state index is -0.449. The zero-order valence-corrected chi connectivity index (χ0v) is 9.61. The van der Waals surface area contributed by atoms with Gasteiger partial charge in [-0.25, -0.2) is 0 Å². The van der Waals surface area contributed by atoms with Gasteiger partial charge in [-0.15, -0.1) is 0 Å². The molecule has 4 heteroatoms. The highest BCUT2D eigenvalue weighted by atomic mass is 16.7. The predicted molar refractivity (Wildman–Crippen MR) is 57.8 cm³/mol. The second-order valence-electron chi connectivity index (χ2n) is 5.17. The van der Waals surface area contributed by atoms with Crippen molar-refractivity contribution >= 4 is 5.91 Å². The Labute approximate surface area is 95.9 Å². The molecule has 4 nitrogen and oxygen atoms in total. The maximum atomic E-state index is 12.0. The lowest BCUT2D eigenvalue weighted by atomic mass is 9.83. The van der Waals surface area contributed by atoms with E-state index in [1.807, 2.05) is 4.90 Å². The second kappa shape index (κ2) is 4.00. The number of hydrogen-bond acceptors (Lipinski definition) is 3. The van der Waals surface area contributed by atoms with Crippen molar-refractivity contribution in [2.45, 2.75) is 37.9 Å². The Hall–Kier alpha value is -0.610. The summed E-state index contributed by atoms with van der Waals surface area (Å²) >= 11 is 0. The van der Waals surface area contributed by atoms with Crippen molar-refractivity contribution in [2.24, 2.45) is 5.92 Å². The number of carbonyl (C=O) groups excluding carboxylic acids is 1. The molecule has 1 spiro atoms. The van der Waals surface area contributed by atoms with Crippen molar-refractivity contribution < 1.29 is 14.3 Å². The number of amides is 1. The molecule has 0 bridgehead atoms. The Morgan fingerprint density at radius 1 is 1.31 bits per heavy atom. The van der Waals surface area contributed by atoms with Gasteiger partial charge in [0, 0.05) is 19.4 Å². The monoisotopic (exact) mass is 225 g/mol. The molecule has 16 heavy (non-hydrogen) atoms. The molecule has 0 atom stereocenters. The van der Waals surface area contributed by atoms with E-state index in [-0.39, 0.29) is 0 Å². The Bertz CT molecular complexity index is 282. The highest BCUT2D eigenvalue weighted by molar-refractivity contribution is 5.77. The molecule has 3 rings (SSSR count). The van der Waals surface area contributed by atoms with E-state index in [4.69, 9.17) is 9.47 Å². The molecule has 3 aliphatic rings. The van der Waals surface area contributed by atoms with Crippen molar-refractivity contribution in [3.8, 4) is 0 Å². The molecule has 0 aromatic heterocycles. The maximum absolute atomic E-state index is 12.0. The molecule has 2 saturated heterocycles. The van der Waals surface area contributed by atoms with Crippen LogP contribution in [0.25, 0.3) is 0 Å². The summed E-state index contributed by atoms with van der Waals surface area (Å²) in [5, 5.41) is 0. The van der Waals surface area contributed by atoms with Gasteiger partial charge in [-0.2, -0.15) is 0 Å². The van der Waals surface area contributed by atoms with Crippen LogP contribution < -0.4 is 0 Å². The fourth-order valence-corrected chi connectivity index (χ4v) is 2.77. The summed E-state index contributed by atoms with van der Waals surface area (Å²) in [4.78, 5) is 13.9. The first-order chi connectivity index (χ1) is 7.77. The second-order valence-corrected chi connectivity index (χ2v) is 5.17. The molecule has 3 fully saturated rings. The first kappa shape index (κ1) is 10.5. The lowest BCUT2D eigenvalue weighted by Crippen LogP contribution is -2.37. The number of rotatable bonds is 2. The molecule has 2 heterocycles. The summed E-state index contributed by atoms with van der Waals surface area (Å²) in [7, 11) is 0. The highest BCUT2D eigenvalue weighted by Gasteiger charge is 2.44. The molecule has 1 amide bonds. The average molecular weight is 225 g/mol. The van der Waals surface area contributed by atoms with Crippen LogP contribution in [-0.4, -0.2) is 42.9 Å². The summed E-state index contributed by atoms with van der Waals surface area (Å²) in [5.41, 5.74) is 0. The minimum absolute atomic E-state index is 0.292. The Morgan fingerprint density at radius 2 is 2.06 bits per heavy atom. The van der Waals surface area contributed by atoms with E-state index >= 15 is 0 Å². The Balaban J connectivity index is 1.54. The van der Waals surface area contributed by atoms with Gasteiger partial charge in [0.05, 0.1) is 19.8 Å². The van der Waals surface area contributed by atoms with Gasteiger partial charge in [0.2, 0.25) is 5.91 Å². The van der Waals surface area contributed by atoms with Gasteiger partial charge in [0.25, 0.3) is 0 Å². The number of likely N-dealkylation sites (tertiary alicyclic amines) is 1. The van der Waals surface area contributed by atoms with Crippen molar-refractivity contribution in [2.75, 3.05) is 26.3 Å². The lowest BCUT2D eigenvalue weighted by Gasteiger charge is -2.27. The molecular formula is C12H19NO3. The normalized spacial score (nSPS) is 28.6. The number of ether oxygens (including phenoxy) is 2. The fourth-order valence-electron chi connectivity index (χ4n) is 2.77. The summed E-state index contributed by atoms with van der Waals surface area (Å²) < 4.78 is 11.2. The topological polar surface area (TPSA) is 38.8 Å². The molecule has 0 unspecified atom stereocenters. The quantitative estimate of drug-likeness (QED) is 0.707. The third-order valence-corrected chi connectivity index (χ3v) is 4.05. The third kappa shape index (κ3) is 1.84. The van der Waals surface area contributed by atoms with E-state index in [1.54, 1.807) is 0 Å². The minimum Gasteiger partial charge on any atom is -0.346 e. The Morgan fingerprint density at radius 3 is 2.69 bits per heavy atom. The van der Waals surface area contributed by atoms with E-state index in [2.05, 4.69) is 0 Å². The number of carbonyl (C=O) groups is 1. The summed E-state index contributed by atoms with van der Waals surface area (Å²) in [6, 6.07) is 0. The first-order valence-electron chi connectivity index (χ1n) is 6.33. The SMILES string of the molecule is O=C(CC1CCC1)N1CCC2(C1)OCCO2. The van der Waals surface area contributed by atoms with Gasteiger partial charge in [-0.1, -0.05) is 6.42 Å². The summed E-state index contributed by atoms with van der Waals surface area (Å²) in [6.07, 6.45) is 5.34. The highest BCUT2D eigenvalue weighted by Crippen LogP contribution is 2.33. The number of hydrogen-bond donors (Lipinski definition) is 0. The van der Waals surface area contributed by atoms with Crippen LogP contribution in [0.1, 0.15) is 32.1 Å². The van der Waals surface area contributed by atoms with Crippen molar-refractivity contribution in [3.05, 3.63) is 0 Å². The molecule has 1 aliphatic carbocycles. The first-order valence-corrected chi connectivity index (χ1v) is 6.33. The lowest BCUT2D eigenvalue weighted by molar-refractivity contribution is -0.153. The van der Waals surface area contributed by atoms with Crippen LogP contribution in [0.15, 0.2) is 0 Å². The molecular weight excluding hydrogens is 206 g/mol. The van der Waals surface area contributed by atoms with Gasteiger partial charge in [0.1, 0.15) is 0 Å². The molecule has 0 aromatic carbocycles. The molecule has 0 radical (unpaired) electrons. The number of nitrogens with zero attached hydrogens (tertiary/aromatic N) is 1. The third-order valence-electron chi connectivity index (χ3n) is 4.05. The molecule has 0 aromatic rings. The zero-order valence-electron chi connectivity index (χ0n) is 9.61. The zero-order chi connectivity index (χ0) is 11.0. The van der Waals surface area contributed by atoms with E-state index in [1.165, 1.54) is 19.3 Å². The van der Waals surface area contributed by atoms with Crippen LogP contribution in [0.3, 0.4) is 0 Å². The Kier molecular flexibility index (Phi) is 2.64. The fraction of sp³-hybridized carbons (Fsp3) is 0.917. The smallest absolute Gasteiger partial charge is 0.223 e. The largest absolute Gasteiger partial charge is 0.346 e. The van der Waals surface area contributed by atoms with Gasteiger partial charge in [-0.05, 0) is 18.8 Å². The van der Waals surface area contributed by atoms with Gasteiger partial charge in [0.15, 0.2) is 5.79 Å². The van der Waals surface area contributed by atoms with Crippen molar-refractivity contribution in [3.63, 3.8) is 0 Å². The van der Waals surface area contributed by atoms with Crippen LogP contribution >= 0.6 is 0 Å². The predicted octanol–water partition coefficient (Wildman–Crippen LogP) is 1.15. The molecule has 2 aliphatic heterocycles. The van der Waals surface area contributed by atoms with Crippen molar-refractivity contribution in [1.29, 1.82) is 0 Å². The van der Waals surface area contributed by atoms with E-state index in [0.29, 0.717) is 31.6 Å². The van der Waals surface area contributed by atoms with Crippen LogP contribution in [0.5, 0.6) is 0 Å². The van der Waals surface area contributed by atoms with Gasteiger partial charge < -0.3 is 14.4 Å².